The minimum Gasteiger partial charge on any atom is -0.322 e. The van der Waals surface area contributed by atoms with E-state index < -0.39 is 0 Å². The van der Waals surface area contributed by atoms with Crippen LogP contribution >= 0.6 is 23.4 Å². The van der Waals surface area contributed by atoms with Crippen LogP contribution in [-0.2, 0) is 7.05 Å². The molecule has 2 aliphatic rings. The monoisotopic (exact) mass is 352 g/mol. The van der Waals surface area contributed by atoms with Gasteiger partial charge in [-0.25, -0.2) is 0 Å². The van der Waals surface area contributed by atoms with Gasteiger partial charge in [0.15, 0.2) is 0 Å². The summed E-state index contributed by atoms with van der Waals surface area (Å²) in [5, 5.41) is 6.38. The van der Waals surface area contributed by atoms with Crippen LogP contribution in [0.2, 0.25) is 5.02 Å². The van der Waals surface area contributed by atoms with Gasteiger partial charge in [0, 0.05) is 13.6 Å². The van der Waals surface area contributed by atoms with Crippen LogP contribution in [-0.4, -0.2) is 38.9 Å². The molecule has 4 nitrogen and oxygen atoms in total. The molecule has 0 atom stereocenters. The first-order valence-corrected chi connectivity index (χ1v) is 8.89. The number of hydrogen-bond donors (Lipinski definition) is 0. The zero-order valence-electron chi connectivity index (χ0n) is 13.9. The first-order valence-electron chi connectivity index (χ1n) is 7.29. The number of aryl methyl sites for hydroxylation is 1. The van der Waals surface area contributed by atoms with Gasteiger partial charge in [-0.2, -0.15) is 5.10 Å². The summed E-state index contributed by atoms with van der Waals surface area (Å²) in [7, 11) is 1.93. The fraction of sp³-hybridized carbons (Fsp3) is 0.529. The van der Waals surface area contributed by atoms with Crippen LogP contribution in [0, 0.1) is 0 Å². The van der Waals surface area contributed by atoms with Crippen LogP contribution in [0.5, 0.6) is 0 Å². The van der Waals surface area contributed by atoms with E-state index in [4.69, 9.17) is 16.6 Å². The summed E-state index contributed by atoms with van der Waals surface area (Å²) < 4.78 is 1.85. The van der Waals surface area contributed by atoms with E-state index >= 15 is 0 Å². The summed E-state index contributed by atoms with van der Waals surface area (Å²) in [6.45, 7) is 9.39. The molecule has 0 aliphatic carbocycles. The highest BCUT2D eigenvalue weighted by atomic mass is 35.5. The molecule has 0 aromatic carbocycles. The van der Waals surface area contributed by atoms with Crippen LogP contribution in [0.4, 0.5) is 0 Å². The second-order valence-corrected chi connectivity index (χ2v) is 7.66. The van der Waals surface area contributed by atoms with Crippen molar-refractivity contribution in [3.63, 3.8) is 0 Å². The van der Waals surface area contributed by atoms with Crippen molar-refractivity contribution in [1.29, 1.82) is 0 Å². The third-order valence-corrected chi connectivity index (χ3v) is 5.32. The lowest BCUT2D eigenvalue weighted by Crippen LogP contribution is -2.34. The van der Waals surface area contributed by atoms with E-state index in [1.807, 2.05) is 18.0 Å². The zero-order chi connectivity index (χ0) is 16.2. The largest absolute Gasteiger partial charge is 0.322 e. The van der Waals surface area contributed by atoms with Crippen molar-refractivity contribution in [1.82, 2.24) is 14.7 Å². The number of nitrogens with zero attached hydrogens (tertiary/aromatic N) is 4. The van der Waals surface area contributed by atoms with Crippen LogP contribution in [0.3, 0.4) is 0 Å². The van der Waals surface area contributed by atoms with Gasteiger partial charge in [0.1, 0.15) is 21.6 Å². The quantitative estimate of drug-likeness (QED) is 0.728. The Labute approximate surface area is 148 Å². The first kappa shape index (κ1) is 18.1. The van der Waals surface area contributed by atoms with Crippen LogP contribution in [0.25, 0.3) is 5.70 Å². The average Bonchev–Trinajstić information content (AvgIpc) is 2.87. The highest BCUT2D eigenvalue weighted by molar-refractivity contribution is 7.98. The molecule has 2 aliphatic heterocycles. The number of thioether (sulfide) groups is 1. The summed E-state index contributed by atoms with van der Waals surface area (Å²) in [5.74, 6) is 1.04. The highest BCUT2D eigenvalue weighted by Crippen LogP contribution is 2.40. The van der Waals surface area contributed by atoms with Crippen LogP contribution < -0.4 is 0 Å². The molecular formula is C17H25ClN4S. The lowest BCUT2D eigenvalue weighted by Gasteiger charge is -2.29. The second kappa shape index (κ2) is 6.02. The van der Waals surface area contributed by atoms with Gasteiger partial charge in [0.2, 0.25) is 0 Å². The standard InChI is InChI=1S/C16H21ClN4S.CH4/c1-9-7-10(2)14-18-16(3,4)8-21(14)13(9)12-11(17)15(22-6)20(5)19-12;/h7H,8H2,1-6H3;1H4. The fourth-order valence-corrected chi connectivity index (χ4v) is 4.23. The third-order valence-electron chi connectivity index (χ3n) is 4.00. The van der Waals surface area contributed by atoms with Crippen molar-refractivity contribution in [2.45, 2.75) is 45.7 Å². The van der Waals surface area contributed by atoms with E-state index in [-0.39, 0.29) is 13.0 Å². The van der Waals surface area contributed by atoms with Gasteiger partial charge in [-0.1, -0.05) is 25.1 Å². The van der Waals surface area contributed by atoms with Gasteiger partial charge < -0.3 is 4.90 Å². The van der Waals surface area contributed by atoms with Gasteiger partial charge in [0.25, 0.3) is 0 Å². The van der Waals surface area contributed by atoms with E-state index in [1.165, 1.54) is 11.1 Å². The Kier molecular flexibility index (Phi) is 4.75. The van der Waals surface area contributed by atoms with E-state index in [0.29, 0.717) is 0 Å². The number of aliphatic imine (C=N–C) groups is 1. The predicted molar refractivity (Wildman–Crippen MR) is 101 cm³/mol. The molecule has 0 saturated carbocycles. The first-order chi connectivity index (χ1) is 10.2. The maximum absolute atomic E-state index is 6.60. The Morgan fingerprint density at radius 2 is 1.96 bits per heavy atom. The molecule has 0 N–H and O–H groups in total. The highest BCUT2D eigenvalue weighted by Gasteiger charge is 2.38. The molecule has 23 heavy (non-hydrogen) atoms. The number of aromatic nitrogens is 2. The number of rotatable bonds is 2. The molecule has 1 aromatic heterocycles. The smallest absolute Gasteiger partial charge is 0.131 e. The second-order valence-electron chi connectivity index (χ2n) is 6.49. The van der Waals surface area contributed by atoms with Gasteiger partial charge in [-0.15, -0.1) is 11.8 Å². The molecule has 0 radical (unpaired) electrons. The molecule has 126 valence electrons. The maximum atomic E-state index is 6.60. The summed E-state index contributed by atoms with van der Waals surface area (Å²) >= 11 is 8.22. The van der Waals surface area contributed by atoms with Crippen molar-refractivity contribution in [3.8, 4) is 0 Å². The molecule has 0 bridgehead atoms. The lowest BCUT2D eigenvalue weighted by atomic mass is 10.0. The van der Waals surface area contributed by atoms with Crippen molar-refractivity contribution >= 4 is 34.9 Å². The van der Waals surface area contributed by atoms with E-state index in [9.17, 15) is 0 Å². The molecular weight excluding hydrogens is 328 g/mol. The summed E-state index contributed by atoms with van der Waals surface area (Å²) in [6.07, 6.45) is 4.19. The lowest BCUT2D eigenvalue weighted by molar-refractivity contribution is 0.459. The molecule has 0 amide bonds. The SMILES string of the molecule is C.CSc1c(Cl)c(C2=C(C)C=C(C)C3=NC(C)(C)CN32)nn1C. The molecule has 6 heteroatoms. The third kappa shape index (κ3) is 2.85. The van der Waals surface area contributed by atoms with Crippen molar-refractivity contribution in [3.05, 3.63) is 27.9 Å². The average molecular weight is 353 g/mol. The number of halogens is 1. The van der Waals surface area contributed by atoms with E-state index in [2.05, 4.69) is 43.8 Å². The molecule has 3 heterocycles. The normalized spacial score (nSPS) is 19.3. The number of fused-ring (bicyclic) bond motifs is 1. The Morgan fingerprint density at radius 3 is 2.52 bits per heavy atom. The molecule has 3 rings (SSSR count). The van der Waals surface area contributed by atoms with Crippen LogP contribution in [0.15, 0.2) is 27.2 Å². The minimum absolute atomic E-state index is 0. The van der Waals surface area contributed by atoms with Gasteiger partial charge in [-0.05, 0) is 45.1 Å². The Bertz CT molecular complexity index is 740. The number of amidine groups is 1. The predicted octanol–water partition coefficient (Wildman–Crippen LogP) is 4.62. The maximum Gasteiger partial charge on any atom is 0.131 e. The number of allylic oxidation sites excluding steroid dienone is 2. The molecule has 1 aromatic rings. The summed E-state index contributed by atoms with van der Waals surface area (Å²) in [5.41, 5.74) is 4.21. The minimum atomic E-state index is -0.0934. The molecule has 0 unspecified atom stereocenters. The molecule has 0 fully saturated rings. The van der Waals surface area contributed by atoms with Gasteiger partial charge >= 0.3 is 0 Å². The zero-order valence-corrected chi connectivity index (χ0v) is 15.4. The Balaban J connectivity index is 0.00000192. The topological polar surface area (TPSA) is 33.4 Å². The summed E-state index contributed by atoms with van der Waals surface area (Å²) in [6, 6.07) is 0. The van der Waals surface area contributed by atoms with Gasteiger partial charge in [-0.3, -0.25) is 9.67 Å². The van der Waals surface area contributed by atoms with Gasteiger partial charge in [0.05, 0.1) is 11.2 Å². The Hall–Kier alpha value is -1.20. The van der Waals surface area contributed by atoms with Crippen molar-refractivity contribution in [2.75, 3.05) is 12.8 Å². The molecule has 0 spiro atoms. The van der Waals surface area contributed by atoms with Crippen molar-refractivity contribution in [2.24, 2.45) is 12.0 Å². The van der Waals surface area contributed by atoms with E-state index in [0.717, 1.165) is 33.8 Å². The number of hydrogen-bond acceptors (Lipinski definition) is 4. The summed E-state index contributed by atoms with van der Waals surface area (Å²) in [4.78, 5) is 7.14. The fourth-order valence-electron chi connectivity index (χ4n) is 3.17. The van der Waals surface area contributed by atoms with E-state index in [1.54, 1.807) is 11.8 Å². The van der Waals surface area contributed by atoms with Crippen molar-refractivity contribution < 1.29 is 0 Å². The molecule has 0 saturated heterocycles. The Morgan fingerprint density at radius 1 is 1.30 bits per heavy atom. The van der Waals surface area contributed by atoms with Crippen LogP contribution in [0.1, 0.15) is 40.8 Å².